The van der Waals surface area contributed by atoms with Crippen LogP contribution in [-0.2, 0) is 5.54 Å². The molecule has 0 aromatic carbocycles. The van der Waals surface area contributed by atoms with E-state index < -0.39 is 0 Å². The predicted molar refractivity (Wildman–Crippen MR) is 74.4 cm³/mol. The average Bonchev–Trinajstić information content (AvgIpc) is 2.58. The van der Waals surface area contributed by atoms with Crippen molar-refractivity contribution >= 4 is 11.3 Å². The van der Waals surface area contributed by atoms with Gasteiger partial charge in [-0.15, -0.1) is 11.3 Å². The largest absolute Gasteiger partial charge is 0.303 e. The van der Waals surface area contributed by atoms with Crippen LogP contribution in [-0.4, -0.2) is 11.0 Å². The summed E-state index contributed by atoms with van der Waals surface area (Å²) in [7, 11) is 0. The summed E-state index contributed by atoms with van der Waals surface area (Å²) in [6, 6.07) is 0.504. The Hall–Kier alpha value is -0.410. The maximum atomic E-state index is 4.70. The van der Waals surface area contributed by atoms with Gasteiger partial charge in [-0.25, -0.2) is 4.98 Å². The van der Waals surface area contributed by atoms with Gasteiger partial charge in [0.05, 0.1) is 5.54 Å². The molecule has 0 aliphatic heterocycles. The van der Waals surface area contributed by atoms with Gasteiger partial charge in [-0.1, -0.05) is 19.3 Å². The van der Waals surface area contributed by atoms with Crippen molar-refractivity contribution in [2.75, 3.05) is 0 Å². The smallest absolute Gasteiger partial charge is 0.113 e. The Labute approximate surface area is 109 Å². The normalized spacial score (nSPS) is 20.3. The van der Waals surface area contributed by atoms with Crippen LogP contribution >= 0.6 is 11.3 Å². The molecule has 1 aromatic rings. The Morgan fingerprint density at radius 2 is 2.24 bits per heavy atom. The van der Waals surface area contributed by atoms with Crippen molar-refractivity contribution in [1.29, 1.82) is 0 Å². The first-order valence-corrected chi connectivity index (χ1v) is 7.58. The number of aryl methyl sites for hydroxylation is 1. The Bertz CT molecular complexity index is 368. The van der Waals surface area contributed by atoms with E-state index in [9.17, 15) is 0 Å². The molecule has 1 aliphatic carbocycles. The van der Waals surface area contributed by atoms with Crippen LogP contribution in [0.3, 0.4) is 0 Å². The maximum absolute atomic E-state index is 4.70. The van der Waals surface area contributed by atoms with E-state index in [0.29, 0.717) is 6.04 Å². The molecule has 1 atom stereocenters. The van der Waals surface area contributed by atoms with Gasteiger partial charge in [0.1, 0.15) is 5.01 Å². The molecule has 0 amide bonds. The Kier molecular flexibility index (Phi) is 3.88. The fourth-order valence-corrected chi connectivity index (χ4v) is 3.66. The summed E-state index contributed by atoms with van der Waals surface area (Å²) in [5.41, 5.74) is 1.22. The Morgan fingerprint density at radius 3 is 2.65 bits per heavy atom. The molecular weight excluding hydrogens is 228 g/mol. The van der Waals surface area contributed by atoms with Gasteiger partial charge in [0.15, 0.2) is 0 Å². The zero-order chi connectivity index (χ0) is 12.5. The second kappa shape index (κ2) is 5.07. The van der Waals surface area contributed by atoms with Crippen molar-refractivity contribution in [2.45, 2.75) is 65.0 Å². The lowest BCUT2D eigenvalue weighted by molar-refractivity contribution is 0.194. The molecule has 3 heteroatoms. The summed E-state index contributed by atoms with van der Waals surface area (Å²) in [5.74, 6) is 0.899. The Morgan fingerprint density at radius 1 is 1.53 bits per heavy atom. The third-order valence-electron chi connectivity index (χ3n) is 3.62. The zero-order valence-corrected chi connectivity index (χ0v) is 12.2. The topological polar surface area (TPSA) is 24.9 Å². The molecule has 1 heterocycles. The quantitative estimate of drug-likeness (QED) is 0.861. The summed E-state index contributed by atoms with van der Waals surface area (Å²) in [4.78, 5) is 4.70. The highest BCUT2D eigenvalue weighted by Gasteiger charge is 2.34. The first-order valence-electron chi connectivity index (χ1n) is 6.70. The van der Waals surface area contributed by atoms with Crippen LogP contribution in [0.1, 0.15) is 57.2 Å². The molecule has 0 bridgehead atoms. The van der Waals surface area contributed by atoms with Crippen molar-refractivity contribution in [3.8, 4) is 0 Å². The van der Waals surface area contributed by atoms with Crippen LogP contribution in [0.2, 0.25) is 0 Å². The lowest BCUT2D eigenvalue weighted by Gasteiger charge is -2.37. The van der Waals surface area contributed by atoms with Crippen LogP contribution in [0.15, 0.2) is 5.38 Å². The Balaban J connectivity index is 2.15. The molecule has 2 nitrogen and oxygen atoms in total. The zero-order valence-electron chi connectivity index (χ0n) is 11.4. The number of thiazole rings is 1. The van der Waals surface area contributed by atoms with Crippen molar-refractivity contribution in [1.82, 2.24) is 10.3 Å². The highest BCUT2D eigenvalue weighted by atomic mass is 32.1. The molecule has 0 saturated heterocycles. The van der Waals surface area contributed by atoms with Crippen molar-refractivity contribution < 1.29 is 0 Å². The summed E-state index contributed by atoms with van der Waals surface area (Å²) in [6.07, 6.45) is 5.46. The van der Waals surface area contributed by atoms with Gasteiger partial charge in [0.2, 0.25) is 0 Å². The number of hydrogen-bond donors (Lipinski definition) is 1. The van der Waals surface area contributed by atoms with E-state index in [2.05, 4.69) is 38.4 Å². The SMILES string of the molecule is Cc1csc(C(C)(CC2CCC2)NC(C)C)n1. The van der Waals surface area contributed by atoms with Gasteiger partial charge in [-0.2, -0.15) is 0 Å². The highest BCUT2D eigenvalue weighted by Crippen LogP contribution is 2.39. The lowest BCUT2D eigenvalue weighted by atomic mass is 9.76. The van der Waals surface area contributed by atoms with Gasteiger partial charge in [-0.05, 0) is 40.0 Å². The van der Waals surface area contributed by atoms with E-state index in [0.717, 1.165) is 11.6 Å². The van der Waals surface area contributed by atoms with E-state index in [1.54, 1.807) is 11.3 Å². The van der Waals surface area contributed by atoms with Crippen molar-refractivity contribution in [3.63, 3.8) is 0 Å². The standard InChI is InChI=1S/C14H24N2S/c1-10(2)16-14(4,8-12-6-5-7-12)13-15-11(3)9-17-13/h9-10,12,16H,5-8H2,1-4H3. The summed E-state index contributed by atoms with van der Waals surface area (Å²) in [5, 5.41) is 7.16. The maximum Gasteiger partial charge on any atom is 0.113 e. The van der Waals surface area contributed by atoms with E-state index in [1.165, 1.54) is 30.7 Å². The molecule has 1 aromatic heterocycles. The minimum absolute atomic E-state index is 0.0676. The molecular formula is C14H24N2S. The molecule has 1 saturated carbocycles. The minimum atomic E-state index is 0.0676. The van der Waals surface area contributed by atoms with Crippen LogP contribution in [0.4, 0.5) is 0 Å². The first-order chi connectivity index (χ1) is 7.99. The number of rotatable bonds is 5. The first kappa shape index (κ1) is 13.0. The molecule has 2 rings (SSSR count). The van der Waals surface area contributed by atoms with E-state index in [-0.39, 0.29) is 5.54 Å². The van der Waals surface area contributed by atoms with Crippen molar-refractivity contribution in [3.05, 3.63) is 16.1 Å². The molecule has 1 N–H and O–H groups in total. The average molecular weight is 252 g/mol. The van der Waals surface area contributed by atoms with E-state index >= 15 is 0 Å². The molecule has 1 aliphatic rings. The van der Waals surface area contributed by atoms with Gasteiger partial charge in [0, 0.05) is 17.1 Å². The van der Waals surface area contributed by atoms with E-state index in [1.807, 2.05) is 0 Å². The second-order valence-corrected chi connectivity index (χ2v) is 6.78. The van der Waals surface area contributed by atoms with Crippen LogP contribution in [0.25, 0.3) is 0 Å². The number of nitrogens with one attached hydrogen (secondary N) is 1. The number of nitrogens with zero attached hydrogens (tertiary/aromatic N) is 1. The molecule has 1 fully saturated rings. The molecule has 17 heavy (non-hydrogen) atoms. The number of hydrogen-bond acceptors (Lipinski definition) is 3. The minimum Gasteiger partial charge on any atom is -0.303 e. The molecule has 0 radical (unpaired) electrons. The van der Waals surface area contributed by atoms with Gasteiger partial charge in [-0.3, -0.25) is 0 Å². The molecule has 0 spiro atoms. The third kappa shape index (κ3) is 3.08. The summed E-state index contributed by atoms with van der Waals surface area (Å²) in [6.45, 7) is 8.85. The molecule has 1 unspecified atom stereocenters. The van der Waals surface area contributed by atoms with E-state index in [4.69, 9.17) is 4.98 Å². The van der Waals surface area contributed by atoms with Gasteiger partial charge in [0.25, 0.3) is 0 Å². The van der Waals surface area contributed by atoms with Gasteiger partial charge >= 0.3 is 0 Å². The summed E-state index contributed by atoms with van der Waals surface area (Å²) >= 11 is 1.80. The fourth-order valence-electron chi connectivity index (χ4n) is 2.73. The number of aromatic nitrogens is 1. The second-order valence-electron chi connectivity index (χ2n) is 5.93. The third-order valence-corrected chi connectivity index (χ3v) is 4.84. The lowest BCUT2D eigenvalue weighted by Crippen LogP contribution is -2.45. The highest BCUT2D eigenvalue weighted by molar-refractivity contribution is 7.09. The van der Waals surface area contributed by atoms with Crippen LogP contribution in [0, 0.1) is 12.8 Å². The molecule has 96 valence electrons. The summed E-state index contributed by atoms with van der Waals surface area (Å²) < 4.78 is 0. The van der Waals surface area contributed by atoms with Gasteiger partial charge < -0.3 is 5.32 Å². The monoisotopic (exact) mass is 252 g/mol. The van der Waals surface area contributed by atoms with Crippen LogP contribution < -0.4 is 5.32 Å². The predicted octanol–water partition coefficient (Wildman–Crippen LogP) is 3.85. The van der Waals surface area contributed by atoms with Crippen LogP contribution in [0.5, 0.6) is 0 Å². The fraction of sp³-hybridized carbons (Fsp3) is 0.786. The van der Waals surface area contributed by atoms with Crippen molar-refractivity contribution in [2.24, 2.45) is 5.92 Å².